The van der Waals surface area contributed by atoms with Crippen LogP contribution in [0.4, 0.5) is 0 Å². The van der Waals surface area contributed by atoms with Gasteiger partial charge in [0, 0.05) is 19.6 Å². The van der Waals surface area contributed by atoms with Gasteiger partial charge in [-0.15, -0.1) is 24.0 Å². The van der Waals surface area contributed by atoms with Crippen LogP contribution in [0.2, 0.25) is 0 Å². The smallest absolute Gasteiger partial charge is 0.213 e. The van der Waals surface area contributed by atoms with Gasteiger partial charge in [0.1, 0.15) is 0 Å². The van der Waals surface area contributed by atoms with Crippen molar-refractivity contribution in [1.29, 1.82) is 0 Å². The summed E-state index contributed by atoms with van der Waals surface area (Å²) in [6.45, 7) is 5.41. The molecule has 0 radical (unpaired) electrons. The maximum atomic E-state index is 11.9. The highest BCUT2D eigenvalue weighted by atomic mass is 127. The van der Waals surface area contributed by atoms with E-state index in [4.69, 9.17) is 5.73 Å². The largest absolute Gasteiger partial charge is 0.370 e. The Kier molecular flexibility index (Phi) is 11.2. The Bertz CT molecular complexity index is 562. The fraction of sp³-hybridized carbons (Fsp3) is 0.533. The highest BCUT2D eigenvalue weighted by Gasteiger charge is 2.09. The first-order chi connectivity index (χ1) is 10.4. The van der Waals surface area contributed by atoms with Crippen LogP contribution in [0.1, 0.15) is 25.8 Å². The first-order valence-corrected chi connectivity index (χ1v) is 9.09. The lowest BCUT2D eigenvalue weighted by Crippen LogP contribution is -2.38. The van der Waals surface area contributed by atoms with Crippen LogP contribution < -0.4 is 15.8 Å². The number of sulfonamides is 1. The monoisotopic (exact) mass is 454 g/mol. The summed E-state index contributed by atoms with van der Waals surface area (Å²) in [4.78, 5) is 4.15. The summed E-state index contributed by atoms with van der Waals surface area (Å²) < 4.78 is 26.3. The number of hydrogen-bond acceptors (Lipinski definition) is 3. The summed E-state index contributed by atoms with van der Waals surface area (Å²) in [7, 11) is -3.33. The minimum atomic E-state index is -3.33. The standard InChI is InChI=1S/C15H26N4O2S.HI/c1-13(2)8-9-17-15(16)18-10-11-22(20,21)19-12-14-6-4-3-5-7-14;/h3-7,13,19H,8-12H2,1-2H3,(H3,16,17,18);1H. The summed E-state index contributed by atoms with van der Waals surface area (Å²) >= 11 is 0. The molecule has 132 valence electrons. The van der Waals surface area contributed by atoms with Crippen molar-refractivity contribution >= 4 is 40.0 Å². The minimum Gasteiger partial charge on any atom is -0.370 e. The Balaban J connectivity index is 0.00000484. The molecule has 1 rings (SSSR count). The molecule has 0 aliphatic rings. The van der Waals surface area contributed by atoms with E-state index in [0.29, 0.717) is 25.0 Å². The Labute approximate surface area is 156 Å². The quantitative estimate of drug-likeness (QED) is 0.301. The molecule has 0 saturated heterocycles. The normalized spacial score (nSPS) is 12.0. The molecule has 8 heteroatoms. The molecule has 0 spiro atoms. The molecule has 0 amide bonds. The van der Waals surface area contributed by atoms with Gasteiger partial charge in [0.15, 0.2) is 5.96 Å². The Morgan fingerprint density at radius 1 is 1.26 bits per heavy atom. The molecule has 0 fully saturated rings. The third kappa shape index (κ3) is 11.3. The first-order valence-electron chi connectivity index (χ1n) is 7.44. The second-order valence-corrected chi connectivity index (χ2v) is 7.43. The van der Waals surface area contributed by atoms with E-state index in [1.165, 1.54) is 0 Å². The Hall–Kier alpha value is -0.870. The highest BCUT2D eigenvalue weighted by Crippen LogP contribution is 1.99. The zero-order valence-corrected chi connectivity index (χ0v) is 16.8. The fourth-order valence-corrected chi connectivity index (χ4v) is 2.58. The fourth-order valence-electron chi connectivity index (χ4n) is 1.67. The van der Waals surface area contributed by atoms with Crippen molar-refractivity contribution in [3.8, 4) is 0 Å². The Morgan fingerprint density at radius 3 is 2.52 bits per heavy atom. The number of benzene rings is 1. The van der Waals surface area contributed by atoms with E-state index in [0.717, 1.165) is 12.0 Å². The van der Waals surface area contributed by atoms with Crippen LogP contribution >= 0.6 is 24.0 Å². The van der Waals surface area contributed by atoms with Gasteiger partial charge in [0.2, 0.25) is 10.0 Å². The van der Waals surface area contributed by atoms with E-state index in [-0.39, 0.29) is 36.3 Å². The number of nitrogens with zero attached hydrogens (tertiary/aromatic N) is 1. The van der Waals surface area contributed by atoms with E-state index in [9.17, 15) is 8.42 Å². The van der Waals surface area contributed by atoms with E-state index < -0.39 is 10.0 Å². The lowest BCUT2D eigenvalue weighted by molar-refractivity contribution is 0.580. The van der Waals surface area contributed by atoms with Gasteiger partial charge in [0.05, 0.1) is 5.75 Å². The molecule has 23 heavy (non-hydrogen) atoms. The lowest BCUT2D eigenvalue weighted by atomic mass is 10.1. The van der Waals surface area contributed by atoms with Crippen molar-refractivity contribution in [2.75, 3.05) is 18.8 Å². The number of hydrogen-bond donors (Lipinski definition) is 3. The predicted molar refractivity (Wildman–Crippen MR) is 106 cm³/mol. The molecule has 6 nitrogen and oxygen atoms in total. The third-order valence-corrected chi connectivity index (χ3v) is 4.33. The number of halogens is 1. The maximum absolute atomic E-state index is 11.9. The minimum absolute atomic E-state index is 0. The van der Waals surface area contributed by atoms with Gasteiger partial charge >= 0.3 is 0 Å². The van der Waals surface area contributed by atoms with Crippen LogP contribution in [0.15, 0.2) is 35.3 Å². The van der Waals surface area contributed by atoms with Crippen LogP contribution in [0.5, 0.6) is 0 Å². The summed E-state index contributed by atoms with van der Waals surface area (Å²) in [6, 6.07) is 9.39. The molecular weight excluding hydrogens is 427 g/mol. The third-order valence-electron chi connectivity index (χ3n) is 3.00. The molecule has 4 N–H and O–H groups in total. The van der Waals surface area contributed by atoms with E-state index in [1.807, 2.05) is 30.3 Å². The van der Waals surface area contributed by atoms with Crippen LogP contribution in [-0.2, 0) is 16.6 Å². The number of nitrogens with two attached hydrogens (primary N) is 1. The average Bonchev–Trinajstić information content (AvgIpc) is 2.46. The maximum Gasteiger partial charge on any atom is 0.213 e. The second kappa shape index (κ2) is 11.6. The highest BCUT2D eigenvalue weighted by molar-refractivity contribution is 14.0. The van der Waals surface area contributed by atoms with E-state index >= 15 is 0 Å². The predicted octanol–water partition coefficient (Wildman–Crippen LogP) is 1.67. The molecule has 0 aliphatic heterocycles. The molecule has 0 heterocycles. The lowest BCUT2D eigenvalue weighted by Gasteiger charge is -2.09. The van der Waals surface area contributed by atoms with Crippen LogP contribution in [0.3, 0.4) is 0 Å². The molecule has 0 bridgehead atoms. The van der Waals surface area contributed by atoms with Crippen LogP contribution in [0.25, 0.3) is 0 Å². The molecule has 0 aromatic heterocycles. The van der Waals surface area contributed by atoms with Crippen molar-refractivity contribution < 1.29 is 8.42 Å². The zero-order chi connectivity index (χ0) is 16.4. The molecular formula is C15H27IN4O2S. The number of nitrogens with one attached hydrogen (secondary N) is 2. The molecule has 0 atom stereocenters. The van der Waals surface area contributed by atoms with Gasteiger partial charge in [-0.25, -0.2) is 13.1 Å². The number of guanidine groups is 1. The van der Waals surface area contributed by atoms with Crippen molar-refractivity contribution in [2.45, 2.75) is 26.8 Å². The number of rotatable bonds is 9. The van der Waals surface area contributed by atoms with Crippen molar-refractivity contribution in [3.05, 3.63) is 35.9 Å². The molecule has 1 aromatic carbocycles. The van der Waals surface area contributed by atoms with Gasteiger partial charge < -0.3 is 11.1 Å². The first kappa shape index (κ1) is 22.1. The van der Waals surface area contributed by atoms with Crippen LogP contribution in [0, 0.1) is 5.92 Å². The molecule has 0 aliphatic carbocycles. The summed E-state index contributed by atoms with van der Waals surface area (Å²) in [5.74, 6) is 0.818. The van der Waals surface area contributed by atoms with E-state index in [1.54, 1.807) is 0 Å². The second-order valence-electron chi connectivity index (χ2n) is 5.50. The Morgan fingerprint density at radius 2 is 1.91 bits per heavy atom. The van der Waals surface area contributed by atoms with Gasteiger partial charge in [-0.05, 0) is 17.9 Å². The van der Waals surface area contributed by atoms with Crippen molar-refractivity contribution in [3.63, 3.8) is 0 Å². The van der Waals surface area contributed by atoms with Crippen LogP contribution in [-0.4, -0.2) is 33.2 Å². The van der Waals surface area contributed by atoms with Gasteiger partial charge in [0.25, 0.3) is 0 Å². The zero-order valence-electron chi connectivity index (χ0n) is 13.7. The summed E-state index contributed by atoms with van der Waals surface area (Å²) in [5, 5.41) is 2.82. The summed E-state index contributed by atoms with van der Waals surface area (Å²) in [6.07, 6.45) is 0.958. The van der Waals surface area contributed by atoms with Crippen molar-refractivity contribution in [2.24, 2.45) is 16.6 Å². The summed E-state index contributed by atoms with van der Waals surface area (Å²) in [5.41, 5.74) is 6.60. The van der Waals surface area contributed by atoms with E-state index in [2.05, 4.69) is 28.9 Å². The molecule has 0 saturated carbocycles. The topological polar surface area (TPSA) is 96.6 Å². The molecule has 0 unspecified atom stereocenters. The molecule has 1 aromatic rings. The van der Waals surface area contributed by atoms with Gasteiger partial charge in [-0.1, -0.05) is 44.2 Å². The van der Waals surface area contributed by atoms with Gasteiger partial charge in [-0.2, -0.15) is 0 Å². The average molecular weight is 454 g/mol. The number of aliphatic imine (C=N–C) groups is 1. The SMILES string of the molecule is CC(C)CCN=C(N)NCCS(=O)(=O)NCc1ccccc1.I. The van der Waals surface area contributed by atoms with Crippen molar-refractivity contribution in [1.82, 2.24) is 10.0 Å². The van der Waals surface area contributed by atoms with Gasteiger partial charge in [-0.3, -0.25) is 4.99 Å².